The fraction of sp³-hybridized carbons (Fsp3) is 0.308. The van der Waals surface area contributed by atoms with Gasteiger partial charge in [-0.25, -0.2) is 8.42 Å². The van der Waals surface area contributed by atoms with Crippen LogP contribution >= 0.6 is 0 Å². The van der Waals surface area contributed by atoms with Gasteiger partial charge in [0.15, 0.2) is 14.7 Å². The molecule has 0 aliphatic carbocycles. The van der Waals surface area contributed by atoms with Gasteiger partial charge in [0, 0.05) is 18.7 Å². The first-order valence-corrected chi connectivity index (χ1v) is 7.56. The maximum absolute atomic E-state index is 12.1. The maximum atomic E-state index is 12.1. The highest BCUT2D eigenvalue weighted by Crippen LogP contribution is 2.31. The molecule has 2 aromatic rings. The van der Waals surface area contributed by atoms with Gasteiger partial charge in [-0.15, -0.1) is 0 Å². The topological polar surface area (TPSA) is 76.4 Å². The van der Waals surface area contributed by atoms with Crippen molar-refractivity contribution < 1.29 is 13.5 Å². The lowest BCUT2D eigenvalue weighted by atomic mass is 10.1. The zero-order valence-corrected chi connectivity index (χ0v) is 12.0. The molecule has 0 saturated heterocycles. The Kier molecular flexibility index (Phi) is 2.93. The fourth-order valence-corrected chi connectivity index (χ4v) is 3.31. The monoisotopic (exact) mass is 281 g/mol. The van der Waals surface area contributed by atoms with E-state index in [1.807, 2.05) is 19.9 Å². The van der Waals surface area contributed by atoms with Gasteiger partial charge in [0.2, 0.25) is 0 Å². The van der Waals surface area contributed by atoms with Gasteiger partial charge >= 0.3 is 0 Å². The van der Waals surface area contributed by atoms with Crippen molar-refractivity contribution in [2.24, 2.45) is 7.05 Å². The minimum absolute atomic E-state index is 0.375. The molecule has 6 heteroatoms. The van der Waals surface area contributed by atoms with Gasteiger partial charge in [-0.3, -0.25) is 4.79 Å². The summed E-state index contributed by atoms with van der Waals surface area (Å²) in [4.78, 5) is 11.6. The van der Waals surface area contributed by atoms with Crippen molar-refractivity contribution in [3.05, 3.63) is 33.6 Å². The quantitative estimate of drug-likeness (QED) is 0.854. The number of nitrogens with zero attached hydrogens (tertiary/aromatic N) is 1. The molecule has 1 aromatic carbocycles. The van der Waals surface area contributed by atoms with Crippen molar-refractivity contribution in [2.75, 3.05) is 6.26 Å². The molecular formula is C13H15NO4S. The molecule has 0 saturated carbocycles. The summed E-state index contributed by atoms with van der Waals surface area (Å²) in [6, 6.07) is 3.55. The Labute approximate surface area is 111 Å². The van der Waals surface area contributed by atoms with Crippen molar-refractivity contribution in [1.29, 1.82) is 0 Å². The Morgan fingerprint density at radius 3 is 2.32 bits per heavy atom. The van der Waals surface area contributed by atoms with Crippen LogP contribution in [0.5, 0.6) is 5.75 Å². The second kappa shape index (κ2) is 4.09. The number of pyridine rings is 1. The van der Waals surface area contributed by atoms with Gasteiger partial charge in [-0.2, -0.15) is 0 Å². The van der Waals surface area contributed by atoms with E-state index < -0.39 is 26.0 Å². The largest absolute Gasteiger partial charge is 0.506 e. The first-order chi connectivity index (χ1) is 8.64. The Morgan fingerprint density at radius 2 is 1.79 bits per heavy atom. The second-order valence-corrected chi connectivity index (χ2v) is 6.74. The second-order valence-electron chi connectivity index (χ2n) is 4.79. The van der Waals surface area contributed by atoms with E-state index in [1.54, 1.807) is 6.07 Å². The summed E-state index contributed by atoms with van der Waals surface area (Å²) in [5, 5.41) is 10.5. The van der Waals surface area contributed by atoms with Crippen LogP contribution in [0.2, 0.25) is 0 Å². The third-order valence-corrected chi connectivity index (χ3v) is 4.23. The molecule has 0 aliphatic rings. The highest BCUT2D eigenvalue weighted by Gasteiger charge is 2.23. The predicted octanol–water partition coefficient (Wildman–Crippen LogP) is 1.26. The first-order valence-electron chi connectivity index (χ1n) is 5.67. The third-order valence-electron chi connectivity index (χ3n) is 3.12. The SMILES string of the molecule is Cc1cc(C)c2c(c1)c(O)c(S(C)(=O)=O)c(=O)n2C. The van der Waals surface area contributed by atoms with Gasteiger partial charge in [0.1, 0.15) is 5.75 Å². The third kappa shape index (κ3) is 2.02. The summed E-state index contributed by atoms with van der Waals surface area (Å²) < 4.78 is 24.6. The number of aryl methyl sites for hydroxylation is 3. The molecule has 0 atom stereocenters. The molecule has 2 rings (SSSR count). The van der Waals surface area contributed by atoms with Gasteiger partial charge in [0.25, 0.3) is 5.56 Å². The van der Waals surface area contributed by atoms with Crippen LogP contribution < -0.4 is 5.56 Å². The van der Waals surface area contributed by atoms with E-state index in [9.17, 15) is 18.3 Å². The molecule has 0 unspecified atom stereocenters. The smallest absolute Gasteiger partial charge is 0.273 e. The van der Waals surface area contributed by atoms with E-state index in [4.69, 9.17) is 0 Å². The van der Waals surface area contributed by atoms with E-state index in [0.29, 0.717) is 10.9 Å². The molecule has 0 aliphatic heterocycles. The molecule has 0 amide bonds. The van der Waals surface area contributed by atoms with Gasteiger partial charge in [-0.05, 0) is 31.0 Å². The zero-order chi connectivity index (χ0) is 14.5. The molecule has 0 bridgehead atoms. The molecular weight excluding hydrogens is 266 g/mol. The van der Waals surface area contributed by atoms with Crippen LogP contribution in [0.25, 0.3) is 10.9 Å². The number of benzene rings is 1. The lowest BCUT2D eigenvalue weighted by molar-refractivity contribution is 0.461. The molecule has 1 aromatic heterocycles. The van der Waals surface area contributed by atoms with Crippen LogP contribution in [0, 0.1) is 13.8 Å². The molecule has 102 valence electrons. The summed E-state index contributed by atoms with van der Waals surface area (Å²) >= 11 is 0. The molecule has 1 heterocycles. The van der Waals surface area contributed by atoms with Crippen LogP contribution in [0.15, 0.2) is 21.8 Å². The molecule has 0 fully saturated rings. The minimum atomic E-state index is -3.79. The standard InChI is InChI=1S/C13H15NO4S/c1-7-5-8(2)10-9(6-7)11(15)12(19(4,17)18)13(16)14(10)3/h5-6,15H,1-4H3. The number of sulfone groups is 1. The van der Waals surface area contributed by atoms with Gasteiger partial charge < -0.3 is 9.67 Å². The van der Waals surface area contributed by atoms with E-state index >= 15 is 0 Å². The average molecular weight is 281 g/mol. The number of aromatic hydroxyl groups is 1. The first kappa shape index (κ1) is 13.6. The number of rotatable bonds is 1. The lowest BCUT2D eigenvalue weighted by Gasteiger charge is -2.13. The number of fused-ring (bicyclic) bond motifs is 1. The Morgan fingerprint density at radius 1 is 1.21 bits per heavy atom. The van der Waals surface area contributed by atoms with E-state index in [0.717, 1.165) is 17.4 Å². The van der Waals surface area contributed by atoms with Crippen LogP contribution in [0.4, 0.5) is 0 Å². The van der Waals surface area contributed by atoms with E-state index in [2.05, 4.69) is 0 Å². The van der Waals surface area contributed by atoms with E-state index in [1.165, 1.54) is 11.6 Å². The van der Waals surface area contributed by atoms with Crippen LogP contribution in [0.3, 0.4) is 0 Å². The molecule has 0 spiro atoms. The maximum Gasteiger partial charge on any atom is 0.273 e. The van der Waals surface area contributed by atoms with Crippen LogP contribution in [-0.2, 0) is 16.9 Å². The van der Waals surface area contributed by atoms with Crippen molar-refractivity contribution >= 4 is 20.7 Å². The highest BCUT2D eigenvalue weighted by molar-refractivity contribution is 7.90. The molecule has 0 radical (unpaired) electrons. The van der Waals surface area contributed by atoms with E-state index in [-0.39, 0.29) is 0 Å². The van der Waals surface area contributed by atoms with Crippen molar-refractivity contribution in [3.8, 4) is 5.75 Å². The normalized spacial score (nSPS) is 12.0. The Hall–Kier alpha value is -1.82. The molecule has 5 nitrogen and oxygen atoms in total. The highest BCUT2D eigenvalue weighted by atomic mass is 32.2. The Balaban J connectivity index is 3.20. The fourth-order valence-electron chi connectivity index (χ4n) is 2.40. The Bertz CT molecular complexity index is 847. The summed E-state index contributed by atoms with van der Waals surface area (Å²) in [5.41, 5.74) is 1.53. The minimum Gasteiger partial charge on any atom is -0.506 e. The predicted molar refractivity (Wildman–Crippen MR) is 73.4 cm³/mol. The van der Waals surface area contributed by atoms with Crippen LogP contribution in [0.1, 0.15) is 11.1 Å². The van der Waals surface area contributed by atoms with Gasteiger partial charge in [0.05, 0.1) is 5.52 Å². The van der Waals surface area contributed by atoms with Crippen molar-refractivity contribution in [2.45, 2.75) is 18.7 Å². The summed E-state index contributed by atoms with van der Waals surface area (Å²) in [6.45, 7) is 3.66. The van der Waals surface area contributed by atoms with Crippen molar-refractivity contribution in [1.82, 2.24) is 4.57 Å². The molecule has 1 N–H and O–H groups in total. The summed E-state index contributed by atoms with van der Waals surface area (Å²) in [5.74, 6) is -0.465. The van der Waals surface area contributed by atoms with Gasteiger partial charge in [-0.1, -0.05) is 6.07 Å². The number of hydrogen-bond acceptors (Lipinski definition) is 4. The summed E-state index contributed by atoms with van der Waals surface area (Å²) in [7, 11) is -2.29. The van der Waals surface area contributed by atoms with Crippen molar-refractivity contribution in [3.63, 3.8) is 0 Å². The number of hydrogen-bond donors (Lipinski definition) is 1. The molecule has 19 heavy (non-hydrogen) atoms. The number of aromatic nitrogens is 1. The zero-order valence-electron chi connectivity index (χ0n) is 11.2. The van der Waals surface area contributed by atoms with Crippen LogP contribution in [-0.4, -0.2) is 24.3 Å². The lowest BCUT2D eigenvalue weighted by Crippen LogP contribution is -2.24. The average Bonchev–Trinajstić information content (AvgIpc) is 2.23. The summed E-state index contributed by atoms with van der Waals surface area (Å²) in [6.07, 6.45) is 0.915.